The smallest absolute Gasteiger partial charge is 0.237 e. The minimum Gasteiger partial charge on any atom is -0.504 e. The van der Waals surface area contributed by atoms with Crippen LogP contribution in [0, 0.1) is 22.6 Å². The van der Waals surface area contributed by atoms with Gasteiger partial charge in [0.25, 0.3) is 0 Å². The van der Waals surface area contributed by atoms with Crippen LogP contribution in [0.3, 0.4) is 0 Å². The van der Waals surface area contributed by atoms with Crippen LogP contribution in [-0.2, 0) is 11.3 Å². The maximum absolute atomic E-state index is 13.4. The molecule has 0 aliphatic rings. The number of carbonyl (C=O) groups is 1. The summed E-state index contributed by atoms with van der Waals surface area (Å²) >= 11 is 0. The number of aromatic nitrogens is 2. The number of aryl methyl sites for hydroxylation is 1. The van der Waals surface area contributed by atoms with E-state index in [0.29, 0.717) is 30.6 Å². The lowest BCUT2D eigenvalue weighted by atomic mass is 9.88. The average Bonchev–Trinajstić information content (AvgIpc) is 3.21. The van der Waals surface area contributed by atoms with Crippen molar-refractivity contribution in [1.29, 1.82) is 10.7 Å². The van der Waals surface area contributed by atoms with E-state index in [9.17, 15) is 14.3 Å². The number of Topliss-reactive ketones (excluding diaryl/α,β-unsaturated/α-hetero) is 1. The van der Waals surface area contributed by atoms with Crippen LogP contribution in [0.4, 0.5) is 4.39 Å². The Kier molecular flexibility index (Phi) is 6.50. The second-order valence-electron chi connectivity index (χ2n) is 6.64. The van der Waals surface area contributed by atoms with Gasteiger partial charge >= 0.3 is 0 Å². The molecule has 0 fully saturated rings. The molecule has 1 aromatic heterocycles. The molecule has 0 spiro atoms. The van der Waals surface area contributed by atoms with Crippen molar-refractivity contribution < 1.29 is 14.3 Å². The highest BCUT2D eigenvalue weighted by molar-refractivity contribution is 6.34. The van der Waals surface area contributed by atoms with Gasteiger partial charge in [-0.05, 0) is 41.8 Å². The molecule has 3 aromatic rings. The van der Waals surface area contributed by atoms with Gasteiger partial charge in [0.2, 0.25) is 5.78 Å². The summed E-state index contributed by atoms with van der Waals surface area (Å²) in [6.45, 7) is 0.514. The quantitative estimate of drug-likeness (QED) is 0.334. The zero-order chi connectivity index (χ0) is 21.5. The monoisotopic (exact) mass is 402 g/mol. The van der Waals surface area contributed by atoms with Crippen LogP contribution in [0.2, 0.25) is 0 Å². The lowest BCUT2D eigenvalue weighted by Gasteiger charge is -2.19. The van der Waals surface area contributed by atoms with E-state index in [0.717, 1.165) is 11.1 Å². The Morgan fingerprint density at radius 2 is 1.83 bits per heavy atom. The number of aliphatic hydroxyl groups is 1. The Bertz CT molecular complexity index is 1110. The van der Waals surface area contributed by atoms with Crippen molar-refractivity contribution in [2.45, 2.75) is 18.9 Å². The molecule has 0 saturated heterocycles. The molecule has 0 unspecified atom stereocenters. The van der Waals surface area contributed by atoms with Crippen molar-refractivity contribution in [1.82, 2.24) is 9.55 Å². The minimum absolute atomic E-state index is 0.0608. The van der Waals surface area contributed by atoms with Crippen molar-refractivity contribution in [3.05, 3.63) is 95.0 Å². The van der Waals surface area contributed by atoms with E-state index < -0.39 is 11.5 Å². The molecular formula is C23H19FN4O2. The van der Waals surface area contributed by atoms with Crippen LogP contribution in [0.5, 0.6) is 0 Å². The van der Waals surface area contributed by atoms with Crippen LogP contribution in [0.15, 0.2) is 66.7 Å². The van der Waals surface area contributed by atoms with Gasteiger partial charge < -0.3 is 15.1 Å². The van der Waals surface area contributed by atoms with E-state index in [1.54, 1.807) is 41.2 Å². The highest BCUT2D eigenvalue weighted by Crippen LogP contribution is 2.29. The number of nitrogens with one attached hydrogen (secondary N) is 1. The third kappa shape index (κ3) is 4.86. The van der Waals surface area contributed by atoms with Gasteiger partial charge in [-0.1, -0.05) is 24.3 Å². The SMILES string of the molecule is N#Cc1ccc([C@@H](CCn2ccnc2/C=C(\O)C(=O)C=N)c2ccc(F)cc2)cc1. The van der Waals surface area contributed by atoms with E-state index in [4.69, 9.17) is 10.7 Å². The van der Waals surface area contributed by atoms with Gasteiger partial charge in [-0.3, -0.25) is 4.79 Å². The lowest BCUT2D eigenvalue weighted by molar-refractivity contribution is -0.111. The van der Waals surface area contributed by atoms with Gasteiger partial charge in [0.15, 0.2) is 5.76 Å². The zero-order valence-corrected chi connectivity index (χ0v) is 16.0. The number of nitrogens with zero attached hydrogens (tertiary/aromatic N) is 3. The van der Waals surface area contributed by atoms with E-state index in [1.807, 2.05) is 12.1 Å². The van der Waals surface area contributed by atoms with E-state index >= 15 is 0 Å². The molecular weight excluding hydrogens is 383 g/mol. The Labute approximate surface area is 173 Å². The van der Waals surface area contributed by atoms with Crippen molar-refractivity contribution in [2.75, 3.05) is 0 Å². The van der Waals surface area contributed by atoms with Gasteiger partial charge in [-0.15, -0.1) is 0 Å². The molecule has 6 nitrogen and oxygen atoms in total. The predicted octanol–water partition coefficient (Wildman–Crippen LogP) is 4.23. The Hall–Kier alpha value is -4.05. The number of carbonyl (C=O) groups excluding carboxylic acids is 1. The number of aliphatic hydroxyl groups excluding tert-OH is 1. The number of halogens is 1. The summed E-state index contributed by atoms with van der Waals surface area (Å²) in [6, 6.07) is 15.7. The van der Waals surface area contributed by atoms with Crippen LogP contribution >= 0.6 is 0 Å². The van der Waals surface area contributed by atoms with E-state index in [-0.39, 0.29) is 11.7 Å². The zero-order valence-electron chi connectivity index (χ0n) is 16.0. The predicted molar refractivity (Wildman–Crippen MR) is 111 cm³/mol. The minimum atomic E-state index is -0.800. The first kappa shape index (κ1) is 20.7. The molecule has 0 aliphatic carbocycles. The van der Waals surface area contributed by atoms with Crippen molar-refractivity contribution >= 4 is 18.1 Å². The second kappa shape index (κ2) is 9.43. The molecule has 2 N–H and O–H groups in total. The molecule has 3 rings (SSSR count). The molecule has 30 heavy (non-hydrogen) atoms. The first-order valence-corrected chi connectivity index (χ1v) is 9.24. The normalized spacial score (nSPS) is 12.2. The highest BCUT2D eigenvalue weighted by atomic mass is 19.1. The van der Waals surface area contributed by atoms with Gasteiger partial charge in [-0.25, -0.2) is 9.37 Å². The number of ketones is 1. The van der Waals surface area contributed by atoms with Crippen molar-refractivity contribution in [3.8, 4) is 6.07 Å². The molecule has 1 atom stereocenters. The molecule has 2 aromatic carbocycles. The van der Waals surface area contributed by atoms with Crippen LogP contribution < -0.4 is 0 Å². The fourth-order valence-electron chi connectivity index (χ4n) is 3.20. The summed E-state index contributed by atoms with van der Waals surface area (Å²) in [5.74, 6) is -1.34. The Morgan fingerprint density at radius 1 is 1.20 bits per heavy atom. The molecule has 0 aliphatic heterocycles. The topological polar surface area (TPSA) is 103 Å². The molecule has 0 bridgehead atoms. The summed E-state index contributed by atoms with van der Waals surface area (Å²) in [5.41, 5.74) is 2.48. The Balaban J connectivity index is 1.87. The van der Waals surface area contributed by atoms with Gasteiger partial charge in [0, 0.05) is 30.9 Å². The molecule has 1 heterocycles. The Morgan fingerprint density at radius 3 is 2.43 bits per heavy atom. The number of imidazole rings is 1. The summed E-state index contributed by atoms with van der Waals surface area (Å²) in [4.78, 5) is 15.6. The van der Waals surface area contributed by atoms with Crippen molar-refractivity contribution in [3.63, 3.8) is 0 Å². The number of hydrogen-bond acceptors (Lipinski definition) is 5. The second-order valence-corrected chi connectivity index (χ2v) is 6.64. The number of nitriles is 1. The fraction of sp³-hybridized carbons (Fsp3) is 0.130. The molecule has 150 valence electrons. The summed E-state index contributed by atoms with van der Waals surface area (Å²) in [5, 5.41) is 25.7. The van der Waals surface area contributed by atoms with Crippen LogP contribution in [-0.4, -0.2) is 26.7 Å². The number of benzene rings is 2. The van der Waals surface area contributed by atoms with Gasteiger partial charge in [0.05, 0.1) is 17.8 Å². The van der Waals surface area contributed by atoms with Crippen LogP contribution in [0.25, 0.3) is 6.08 Å². The van der Waals surface area contributed by atoms with Crippen LogP contribution in [0.1, 0.15) is 34.9 Å². The molecule has 0 amide bonds. The average molecular weight is 402 g/mol. The summed E-state index contributed by atoms with van der Waals surface area (Å²) < 4.78 is 15.2. The van der Waals surface area contributed by atoms with Gasteiger partial charge in [-0.2, -0.15) is 5.26 Å². The van der Waals surface area contributed by atoms with Gasteiger partial charge in [0.1, 0.15) is 11.6 Å². The molecule has 7 heteroatoms. The molecule has 0 saturated carbocycles. The lowest BCUT2D eigenvalue weighted by Crippen LogP contribution is -2.09. The summed E-state index contributed by atoms with van der Waals surface area (Å²) in [6.07, 6.45) is 5.68. The number of rotatable bonds is 8. The maximum atomic E-state index is 13.4. The third-order valence-corrected chi connectivity index (χ3v) is 4.77. The van der Waals surface area contributed by atoms with E-state index in [1.165, 1.54) is 18.2 Å². The first-order valence-electron chi connectivity index (χ1n) is 9.24. The first-order chi connectivity index (χ1) is 14.5. The standard InChI is InChI=1S/C23H19FN4O2/c24-19-7-5-18(6-8-19)20(17-3-1-16(14-25)2-4-17)9-11-28-12-10-27-23(28)13-21(29)22(30)15-26/h1-8,10,12-13,15,20,26,29H,9,11H2/b21-13-,26-15?/t20-/m1/s1. The van der Waals surface area contributed by atoms with Crippen molar-refractivity contribution in [2.24, 2.45) is 0 Å². The molecule has 0 radical (unpaired) electrons. The number of hydrogen-bond donors (Lipinski definition) is 2. The summed E-state index contributed by atoms with van der Waals surface area (Å²) in [7, 11) is 0. The third-order valence-electron chi connectivity index (χ3n) is 4.77. The number of allylic oxidation sites excluding steroid dienone is 1. The van der Waals surface area contributed by atoms with E-state index in [2.05, 4.69) is 11.1 Å². The highest BCUT2D eigenvalue weighted by Gasteiger charge is 2.16. The maximum Gasteiger partial charge on any atom is 0.237 e. The largest absolute Gasteiger partial charge is 0.504 e. The fourth-order valence-corrected chi connectivity index (χ4v) is 3.20.